The van der Waals surface area contributed by atoms with Crippen molar-refractivity contribution >= 4 is 32.8 Å². The van der Waals surface area contributed by atoms with E-state index >= 15 is 0 Å². The molecule has 32 heavy (non-hydrogen) atoms. The Balaban J connectivity index is 1.69. The zero-order valence-corrected chi connectivity index (χ0v) is 19.7. The first-order valence-electron chi connectivity index (χ1n) is 10.6. The summed E-state index contributed by atoms with van der Waals surface area (Å²) in [6.45, 7) is 7.96. The van der Waals surface area contributed by atoms with E-state index in [9.17, 15) is 18.0 Å². The summed E-state index contributed by atoms with van der Waals surface area (Å²) in [5.74, 6) is -0.272. The molecule has 0 bridgehead atoms. The van der Waals surface area contributed by atoms with Gasteiger partial charge < -0.3 is 15.0 Å². The maximum atomic E-state index is 13.4. The molecule has 0 saturated carbocycles. The lowest BCUT2D eigenvalue weighted by atomic mass is 10.2. The number of pyridine rings is 1. The Hall–Kier alpha value is -2.72. The van der Waals surface area contributed by atoms with Crippen LogP contribution in [0.3, 0.4) is 0 Å². The predicted octanol–water partition coefficient (Wildman–Crippen LogP) is 2.37. The number of hydrogen-bond donors (Lipinski definition) is 1. The SMILES string of the molecule is C[C@@H](NC(=O)OC(C)(C)C)C(=O)N1CCCN(S(=O)(=O)c2cccc3cnccc23)CC1. The van der Waals surface area contributed by atoms with Crippen LogP contribution in [0.1, 0.15) is 34.1 Å². The van der Waals surface area contributed by atoms with Gasteiger partial charge in [0, 0.05) is 49.3 Å². The van der Waals surface area contributed by atoms with Gasteiger partial charge in [0.05, 0.1) is 4.90 Å². The first-order valence-corrected chi connectivity index (χ1v) is 12.0. The highest BCUT2D eigenvalue weighted by atomic mass is 32.2. The van der Waals surface area contributed by atoms with E-state index in [0.29, 0.717) is 24.9 Å². The van der Waals surface area contributed by atoms with Crippen molar-refractivity contribution < 1.29 is 22.7 Å². The van der Waals surface area contributed by atoms with Gasteiger partial charge >= 0.3 is 6.09 Å². The molecule has 1 atom stereocenters. The van der Waals surface area contributed by atoms with Gasteiger partial charge in [-0.3, -0.25) is 9.78 Å². The Labute approximate surface area is 188 Å². The van der Waals surface area contributed by atoms with E-state index < -0.39 is 27.8 Å². The van der Waals surface area contributed by atoms with Crippen LogP contribution in [0.4, 0.5) is 4.79 Å². The van der Waals surface area contributed by atoms with Crippen molar-refractivity contribution in [3.63, 3.8) is 0 Å². The molecule has 0 radical (unpaired) electrons. The van der Waals surface area contributed by atoms with Gasteiger partial charge in [-0.2, -0.15) is 4.31 Å². The summed E-state index contributed by atoms with van der Waals surface area (Å²) < 4.78 is 33.4. The lowest BCUT2D eigenvalue weighted by Crippen LogP contribution is -2.49. The molecular formula is C22H30N4O5S. The zero-order chi connectivity index (χ0) is 23.5. The highest BCUT2D eigenvalue weighted by molar-refractivity contribution is 7.89. The van der Waals surface area contributed by atoms with Crippen molar-refractivity contribution in [2.24, 2.45) is 0 Å². The maximum Gasteiger partial charge on any atom is 0.408 e. The average molecular weight is 463 g/mol. The molecule has 174 valence electrons. The molecule has 1 saturated heterocycles. The molecular weight excluding hydrogens is 432 g/mol. The maximum absolute atomic E-state index is 13.4. The van der Waals surface area contributed by atoms with Crippen LogP contribution >= 0.6 is 0 Å². The molecule has 2 aromatic rings. The number of amides is 2. The number of benzene rings is 1. The normalized spacial score (nSPS) is 16.9. The third-order valence-corrected chi connectivity index (χ3v) is 7.09. The minimum Gasteiger partial charge on any atom is -0.444 e. The van der Waals surface area contributed by atoms with Gasteiger partial charge in [0.15, 0.2) is 0 Å². The van der Waals surface area contributed by atoms with Gasteiger partial charge in [-0.25, -0.2) is 13.2 Å². The minimum atomic E-state index is -3.74. The lowest BCUT2D eigenvalue weighted by Gasteiger charge is -2.26. The Bertz CT molecular complexity index is 1090. The van der Waals surface area contributed by atoms with Crippen LogP contribution in [0.15, 0.2) is 41.6 Å². The first-order chi connectivity index (χ1) is 15.0. The van der Waals surface area contributed by atoms with E-state index in [1.165, 1.54) is 4.31 Å². The number of aromatic nitrogens is 1. The fourth-order valence-electron chi connectivity index (χ4n) is 3.63. The summed E-state index contributed by atoms with van der Waals surface area (Å²) in [5.41, 5.74) is -0.665. The fourth-order valence-corrected chi connectivity index (χ4v) is 5.32. The second kappa shape index (κ2) is 9.41. The number of carbonyl (C=O) groups is 2. The molecule has 1 aromatic carbocycles. The third-order valence-electron chi connectivity index (χ3n) is 5.13. The summed E-state index contributed by atoms with van der Waals surface area (Å²) in [6, 6.07) is 6.04. The lowest BCUT2D eigenvalue weighted by molar-refractivity contribution is -0.132. The van der Waals surface area contributed by atoms with Crippen LogP contribution in [-0.2, 0) is 19.6 Å². The van der Waals surface area contributed by atoms with E-state index in [1.54, 1.807) is 63.2 Å². The first kappa shape index (κ1) is 23.9. The van der Waals surface area contributed by atoms with Gasteiger partial charge in [0.2, 0.25) is 15.9 Å². The smallest absolute Gasteiger partial charge is 0.408 e. The van der Waals surface area contributed by atoms with Crippen molar-refractivity contribution in [3.8, 4) is 0 Å². The molecule has 1 fully saturated rings. The van der Waals surface area contributed by atoms with Crippen LogP contribution in [0.5, 0.6) is 0 Å². The van der Waals surface area contributed by atoms with Gasteiger partial charge in [0.1, 0.15) is 11.6 Å². The van der Waals surface area contributed by atoms with E-state index in [-0.39, 0.29) is 23.9 Å². The summed E-state index contributed by atoms with van der Waals surface area (Å²) in [4.78, 5) is 30.7. The number of alkyl carbamates (subject to hydrolysis) is 1. The van der Waals surface area contributed by atoms with Crippen LogP contribution in [0, 0.1) is 0 Å². The van der Waals surface area contributed by atoms with Gasteiger partial charge in [0.25, 0.3) is 0 Å². The van der Waals surface area contributed by atoms with E-state index in [1.807, 2.05) is 6.07 Å². The summed E-state index contributed by atoms with van der Waals surface area (Å²) in [7, 11) is -3.74. The molecule has 2 amide bonds. The largest absolute Gasteiger partial charge is 0.444 e. The Morgan fingerprint density at radius 2 is 1.88 bits per heavy atom. The topological polar surface area (TPSA) is 109 Å². The highest BCUT2D eigenvalue weighted by Crippen LogP contribution is 2.26. The molecule has 9 nitrogen and oxygen atoms in total. The Morgan fingerprint density at radius 3 is 2.59 bits per heavy atom. The fraction of sp³-hybridized carbons (Fsp3) is 0.500. The van der Waals surface area contributed by atoms with Crippen LogP contribution in [0.2, 0.25) is 0 Å². The van der Waals surface area contributed by atoms with Crippen LogP contribution in [-0.4, -0.2) is 72.4 Å². The molecule has 1 N–H and O–H groups in total. The highest BCUT2D eigenvalue weighted by Gasteiger charge is 2.31. The number of rotatable bonds is 4. The molecule has 0 unspecified atom stereocenters. The van der Waals surface area contributed by atoms with Crippen molar-refractivity contribution in [1.82, 2.24) is 19.5 Å². The van der Waals surface area contributed by atoms with Gasteiger partial charge in [-0.15, -0.1) is 0 Å². The molecule has 2 heterocycles. The third kappa shape index (κ3) is 5.55. The van der Waals surface area contributed by atoms with Crippen molar-refractivity contribution in [2.75, 3.05) is 26.2 Å². The molecule has 1 aliphatic rings. The second-order valence-electron chi connectivity index (χ2n) is 8.80. The van der Waals surface area contributed by atoms with Crippen molar-refractivity contribution in [1.29, 1.82) is 0 Å². The minimum absolute atomic E-state index is 0.175. The molecule has 1 aromatic heterocycles. The van der Waals surface area contributed by atoms with Crippen molar-refractivity contribution in [2.45, 2.75) is 50.7 Å². The standard InChI is InChI=1S/C22H30N4O5S/c1-16(24-21(28)31-22(2,3)4)20(27)25-11-6-12-26(14-13-25)32(29,30)19-8-5-7-17-15-23-10-9-18(17)19/h5,7-10,15-16H,6,11-14H2,1-4H3,(H,24,28)/t16-/m1/s1. The average Bonchev–Trinajstić information content (AvgIpc) is 2.98. The van der Waals surface area contributed by atoms with Crippen LogP contribution < -0.4 is 5.32 Å². The van der Waals surface area contributed by atoms with E-state index in [2.05, 4.69) is 10.3 Å². The number of nitrogens with zero attached hydrogens (tertiary/aromatic N) is 3. The Morgan fingerprint density at radius 1 is 1.12 bits per heavy atom. The Kier molecular flexibility index (Phi) is 7.04. The quantitative estimate of drug-likeness (QED) is 0.747. The van der Waals surface area contributed by atoms with Gasteiger partial charge in [-0.05, 0) is 46.2 Å². The number of sulfonamides is 1. The van der Waals surface area contributed by atoms with Crippen molar-refractivity contribution in [3.05, 3.63) is 36.7 Å². The number of fused-ring (bicyclic) bond motifs is 1. The predicted molar refractivity (Wildman–Crippen MR) is 121 cm³/mol. The summed E-state index contributed by atoms with van der Waals surface area (Å²) >= 11 is 0. The molecule has 0 spiro atoms. The number of nitrogens with one attached hydrogen (secondary N) is 1. The van der Waals surface area contributed by atoms with E-state index in [0.717, 1.165) is 5.39 Å². The molecule has 3 rings (SSSR count). The second-order valence-corrected chi connectivity index (χ2v) is 10.7. The number of hydrogen-bond acceptors (Lipinski definition) is 6. The number of carbonyl (C=O) groups excluding carboxylic acids is 2. The molecule has 10 heteroatoms. The number of ether oxygens (including phenoxy) is 1. The van der Waals surface area contributed by atoms with Gasteiger partial charge in [-0.1, -0.05) is 12.1 Å². The molecule has 0 aliphatic carbocycles. The zero-order valence-electron chi connectivity index (χ0n) is 18.9. The summed E-state index contributed by atoms with van der Waals surface area (Å²) in [5, 5.41) is 3.92. The van der Waals surface area contributed by atoms with Crippen LogP contribution in [0.25, 0.3) is 10.8 Å². The summed E-state index contributed by atoms with van der Waals surface area (Å²) in [6.07, 6.45) is 3.04. The van der Waals surface area contributed by atoms with E-state index in [4.69, 9.17) is 4.74 Å². The monoisotopic (exact) mass is 462 g/mol. The molecule has 1 aliphatic heterocycles.